The first-order valence-corrected chi connectivity index (χ1v) is 7.75. The fourth-order valence-electron chi connectivity index (χ4n) is 2.59. The Kier molecular flexibility index (Phi) is 5.80. The second-order valence-electron chi connectivity index (χ2n) is 5.55. The van der Waals surface area contributed by atoms with Gasteiger partial charge in [-0.05, 0) is 37.1 Å². The van der Waals surface area contributed by atoms with Crippen molar-refractivity contribution in [3.8, 4) is 0 Å². The van der Waals surface area contributed by atoms with Crippen LogP contribution in [0.3, 0.4) is 0 Å². The van der Waals surface area contributed by atoms with Gasteiger partial charge in [0.25, 0.3) is 0 Å². The number of hydrogen-bond donors (Lipinski definition) is 1. The van der Waals surface area contributed by atoms with Crippen LogP contribution in [0.2, 0.25) is 5.02 Å². The molecule has 112 valence electrons. The zero-order valence-electron chi connectivity index (χ0n) is 12.7. The first-order chi connectivity index (χ1) is 10.1. The van der Waals surface area contributed by atoms with Gasteiger partial charge in [-0.3, -0.25) is 4.90 Å². The molecule has 0 saturated carbocycles. The van der Waals surface area contributed by atoms with E-state index in [1.807, 2.05) is 18.2 Å². The zero-order valence-corrected chi connectivity index (χ0v) is 13.4. The first kappa shape index (κ1) is 16.0. The zero-order chi connectivity index (χ0) is 15.2. The predicted molar refractivity (Wildman–Crippen MR) is 90.4 cm³/mol. The number of nitrogens with zero attached hydrogens (tertiary/aromatic N) is 1. The summed E-state index contributed by atoms with van der Waals surface area (Å²) in [5, 5.41) is 0.758. The average molecular weight is 303 g/mol. The molecule has 2 aromatic rings. The van der Waals surface area contributed by atoms with Crippen LogP contribution >= 0.6 is 11.6 Å². The predicted octanol–water partition coefficient (Wildman–Crippen LogP) is 4.25. The molecule has 0 radical (unpaired) electrons. The summed E-state index contributed by atoms with van der Waals surface area (Å²) in [7, 11) is 0. The van der Waals surface area contributed by atoms with Crippen LogP contribution in [0.5, 0.6) is 0 Å². The molecule has 2 aromatic carbocycles. The highest BCUT2D eigenvalue weighted by Crippen LogP contribution is 2.25. The Morgan fingerprint density at radius 1 is 1.00 bits per heavy atom. The van der Waals surface area contributed by atoms with E-state index in [4.69, 9.17) is 17.3 Å². The van der Waals surface area contributed by atoms with Crippen molar-refractivity contribution >= 4 is 11.6 Å². The molecule has 0 heterocycles. The number of hydrogen-bond acceptors (Lipinski definition) is 2. The van der Waals surface area contributed by atoms with Crippen molar-refractivity contribution in [2.45, 2.75) is 32.5 Å². The SMILES string of the molecule is CC(C)N(Cc1ccccc1)C(CN)c1ccc(Cl)cc1. The minimum absolute atomic E-state index is 0.197. The number of halogens is 1. The third-order valence-electron chi connectivity index (χ3n) is 3.75. The molecule has 0 fully saturated rings. The number of benzene rings is 2. The van der Waals surface area contributed by atoms with Crippen molar-refractivity contribution in [2.75, 3.05) is 6.54 Å². The van der Waals surface area contributed by atoms with Gasteiger partial charge in [0.15, 0.2) is 0 Å². The molecule has 0 bridgehead atoms. The molecule has 2 nitrogen and oxygen atoms in total. The van der Waals surface area contributed by atoms with E-state index in [-0.39, 0.29) is 6.04 Å². The molecule has 0 aliphatic rings. The minimum Gasteiger partial charge on any atom is -0.329 e. The van der Waals surface area contributed by atoms with Gasteiger partial charge in [0.05, 0.1) is 0 Å². The van der Waals surface area contributed by atoms with Gasteiger partial charge in [-0.2, -0.15) is 0 Å². The smallest absolute Gasteiger partial charge is 0.0476 e. The molecule has 0 aliphatic carbocycles. The van der Waals surface area contributed by atoms with Crippen LogP contribution in [0.15, 0.2) is 54.6 Å². The molecule has 0 amide bonds. The molecule has 2 rings (SSSR count). The summed E-state index contributed by atoms with van der Waals surface area (Å²) in [6.07, 6.45) is 0. The maximum atomic E-state index is 6.06. The highest BCUT2D eigenvalue weighted by molar-refractivity contribution is 6.30. The average Bonchev–Trinajstić information content (AvgIpc) is 2.49. The van der Waals surface area contributed by atoms with Gasteiger partial charge in [-0.1, -0.05) is 54.1 Å². The van der Waals surface area contributed by atoms with Gasteiger partial charge < -0.3 is 5.73 Å². The summed E-state index contributed by atoms with van der Waals surface area (Å²) < 4.78 is 0. The Labute approximate surface area is 132 Å². The van der Waals surface area contributed by atoms with E-state index < -0.39 is 0 Å². The maximum absolute atomic E-state index is 6.06. The van der Waals surface area contributed by atoms with Crippen LogP contribution in [0.1, 0.15) is 31.0 Å². The maximum Gasteiger partial charge on any atom is 0.0476 e. The lowest BCUT2D eigenvalue weighted by atomic mass is 10.0. The molecule has 1 atom stereocenters. The van der Waals surface area contributed by atoms with Crippen LogP contribution in [0, 0.1) is 0 Å². The summed E-state index contributed by atoms with van der Waals surface area (Å²) in [5.74, 6) is 0. The van der Waals surface area contributed by atoms with Crippen LogP contribution in [-0.2, 0) is 6.54 Å². The van der Waals surface area contributed by atoms with Gasteiger partial charge >= 0.3 is 0 Å². The Bertz CT molecular complexity index is 537. The summed E-state index contributed by atoms with van der Waals surface area (Å²) in [6, 6.07) is 19.1. The summed E-state index contributed by atoms with van der Waals surface area (Å²) in [5.41, 5.74) is 8.58. The first-order valence-electron chi connectivity index (χ1n) is 7.37. The lowest BCUT2D eigenvalue weighted by Crippen LogP contribution is -2.38. The van der Waals surface area contributed by atoms with E-state index >= 15 is 0 Å². The fraction of sp³-hybridized carbons (Fsp3) is 0.333. The van der Waals surface area contributed by atoms with Crippen LogP contribution in [0.4, 0.5) is 0 Å². The third-order valence-corrected chi connectivity index (χ3v) is 4.00. The molecular weight excluding hydrogens is 280 g/mol. The van der Waals surface area contributed by atoms with Gasteiger partial charge in [0.2, 0.25) is 0 Å². The molecule has 0 spiro atoms. The molecule has 0 aromatic heterocycles. The van der Waals surface area contributed by atoms with Crippen molar-refractivity contribution in [1.29, 1.82) is 0 Å². The van der Waals surface area contributed by atoms with E-state index in [0.29, 0.717) is 12.6 Å². The third kappa shape index (κ3) is 4.31. The normalized spacial score (nSPS) is 12.9. The Morgan fingerprint density at radius 2 is 1.62 bits per heavy atom. The molecule has 3 heteroatoms. The lowest BCUT2D eigenvalue weighted by Gasteiger charge is -2.34. The number of rotatable bonds is 6. The van der Waals surface area contributed by atoms with Crippen LogP contribution < -0.4 is 5.73 Å². The van der Waals surface area contributed by atoms with E-state index in [1.165, 1.54) is 11.1 Å². The Morgan fingerprint density at radius 3 is 2.14 bits per heavy atom. The highest BCUT2D eigenvalue weighted by Gasteiger charge is 2.21. The molecule has 0 saturated heterocycles. The topological polar surface area (TPSA) is 29.3 Å². The second-order valence-corrected chi connectivity index (χ2v) is 5.99. The minimum atomic E-state index is 0.197. The van der Waals surface area contributed by atoms with Gasteiger partial charge in [-0.15, -0.1) is 0 Å². The largest absolute Gasteiger partial charge is 0.329 e. The molecular formula is C18H23ClN2. The molecule has 0 aliphatic heterocycles. The highest BCUT2D eigenvalue weighted by atomic mass is 35.5. The van der Waals surface area contributed by atoms with Crippen molar-refractivity contribution in [3.63, 3.8) is 0 Å². The standard InChI is InChI=1S/C18H23ClN2/c1-14(2)21(13-15-6-4-3-5-7-15)18(12-20)16-8-10-17(19)11-9-16/h3-11,14,18H,12-13,20H2,1-2H3. The Balaban J connectivity index is 2.24. The van der Waals surface area contributed by atoms with Crippen molar-refractivity contribution in [2.24, 2.45) is 5.73 Å². The molecule has 1 unspecified atom stereocenters. The monoisotopic (exact) mass is 302 g/mol. The lowest BCUT2D eigenvalue weighted by molar-refractivity contribution is 0.148. The quantitative estimate of drug-likeness (QED) is 0.864. The van der Waals surface area contributed by atoms with Gasteiger partial charge in [0.1, 0.15) is 0 Å². The number of nitrogens with two attached hydrogens (primary N) is 1. The van der Waals surface area contributed by atoms with E-state index in [2.05, 4.69) is 55.1 Å². The van der Waals surface area contributed by atoms with Crippen molar-refractivity contribution < 1.29 is 0 Å². The fourth-order valence-corrected chi connectivity index (χ4v) is 2.72. The van der Waals surface area contributed by atoms with Gasteiger partial charge in [-0.25, -0.2) is 0 Å². The summed E-state index contributed by atoms with van der Waals surface area (Å²) >= 11 is 5.99. The summed E-state index contributed by atoms with van der Waals surface area (Å²) in [6.45, 7) is 5.90. The van der Waals surface area contributed by atoms with E-state index in [1.54, 1.807) is 0 Å². The van der Waals surface area contributed by atoms with E-state index in [0.717, 1.165) is 11.6 Å². The second kappa shape index (κ2) is 7.60. The summed E-state index contributed by atoms with van der Waals surface area (Å²) in [4.78, 5) is 2.43. The van der Waals surface area contributed by atoms with E-state index in [9.17, 15) is 0 Å². The molecule has 2 N–H and O–H groups in total. The van der Waals surface area contributed by atoms with Crippen LogP contribution in [-0.4, -0.2) is 17.5 Å². The molecule has 21 heavy (non-hydrogen) atoms. The Hall–Kier alpha value is -1.35. The van der Waals surface area contributed by atoms with Crippen LogP contribution in [0.25, 0.3) is 0 Å². The van der Waals surface area contributed by atoms with Crippen molar-refractivity contribution in [1.82, 2.24) is 4.90 Å². The van der Waals surface area contributed by atoms with Crippen molar-refractivity contribution in [3.05, 3.63) is 70.7 Å². The van der Waals surface area contributed by atoms with Gasteiger partial charge in [0, 0.05) is 30.2 Å².